The normalized spacial score (nSPS) is 10.6. The molecule has 18 heavy (non-hydrogen) atoms. The highest BCUT2D eigenvalue weighted by molar-refractivity contribution is 7.99. The molecule has 7 heteroatoms. The van der Waals surface area contributed by atoms with Gasteiger partial charge in [-0.2, -0.15) is 8.78 Å². The van der Waals surface area contributed by atoms with Gasteiger partial charge in [0.25, 0.3) is 5.76 Å². The number of anilines is 3. The predicted octanol–water partition coefficient (Wildman–Crippen LogP) is 3.12. The van der Waals surface area contributed by atoms with Crippen LogP contribution in [0.25, 0.3) is 0 Å². The number of nitrogens with two attached hydrogens (primary N) is 1. The lowest BCUT2D eigenvalue weighted by molar-refractivity contribution is 0.252. The standard InChI is InChI=1S/C11H10F2N4S/c12-11(13)18-8-4-2-1-3-7(8)16-10-6-15-5-9(14)17-10/h1-6,11H,(H3,14,16,17). The van der Waals surface area contributed by atoms with E-state index in [1.54, 1.807) is 24.3 Å². The molecule has 0 aliphatic carbocycles. The van der Waals surface area contributed by atoms with E-state index in [1.165, 1.54) is 12.4 Å². The highest BCUT2D eigenvalue weighted by atomic mass is 32.2. The van der Waals surface area contributed by atoms with Crippen molar-refractivity contribution in [3.05, 3.63) is 36.7 Å². The van der Waals surface area contributed by atoms with Crippen molar-refractivity contribution in [3.8, 4) is 0 Å². The fourth-order valence-electron chi connectivity index (χ4n) is 1.35. The van der Waals surface area contributed by atoms with E-state index in [1.807, 2.05) is 0 Å². The van der Waals surface area contributed by atoms with Crippen LogP contribution in [0.4, 0.5) is 26.1 Å². The zero-order chi connectivity index (χ0) is 13.0. The summed E-state index contributed by atoms with van der Waals surface area (Å²) in [6.45, 7) is 0. The van der Waals surface area contributed by atoms with Crippen LogP contribution < -0.4 is 11.1 Å². The summed E-state index contributed by atoms with van der Waals surface area (Å²) in [7, 11) is 0. The Morgan fingerprint density at radius 2 is 2.00 bits per heavy atom. The van der Waals surface area contributed by atoms with Crippen LogP contribution in [0.3, 0.4) is 0 Å². The van der Waals surface area contributed by atoms with Gasteiger partial charge in [0.05, 0.1) is 18.1 Å². The summed E-state index contributed by atoms with van der Waals surface area (Å²) in [5.74, 6) is -1.80. The molecule has 0 atom stereocenters. The molecule has 0 fully saturated rings. The molecule has 0 spiro atoms. The number of para-hydroxylation sites is 1. The number of rotatable bonds is 4. The maximum Gasteiger partial charge on any atom is 0.288 e. The second-order valence-electron chi connectivity index (χ2n) is 3.33. The molecule has 0 aliphatic heterocycles. The molecule has 0 aliphatic rings. The van der Waals surface area contributed by atoms with Crippen LogP contribution in [0.5, 0.6) is 0 Å². The number of alkyl halides is 2. The lowest BCUT2D eigenvalue weighted by Crippen LogP contribution is -1.99. The molecule has 0 saturated heterocycles. The number of nitrogens with one attached hydrogen (secondary N) is 1. The van der Waals surface area contributed by atoms with Crippen molar-refractivity contribution in [2.24, 2.45) is 0 Å². The zero-order valence-corrected chi connectivity index (χ0v) is 9.99. The quantitative estimate of drug-likeness (QED) is 0.834. The predicted molar refractivity (Wildman–Crippen MR) is 68.0 cm³/mol. The summed E-state index contributed by atoms with van der Waals surface area (Å²) in [4.78, 5) is 8.30. The van der Waals surface area contributed by atoms with E-state index in [-0.39, 0.29) is 5.82 Å². The molecule has 1 heterocycles. The second kappa shape index (κ2) is 5.63. The van der Waals surface area contributed by atoms with E-state index < -0.39 is 5.76 Å². The third-order valence-corrected chi connectivity index (χ3v) is 2.81. The van der Waals surface area contributed by atoms with E-state index >= 15 is 0 Å². The first-order chi connectivity index (χ1) is 8.65. The van der Waals surface area contributed by atoms with Crippen LogP contribution in [-0.2, 0) is 0 Å². The molecule has 1 aromatic heterocycles. The summed E-state index contributed by atoms with van der Waals surface area (Å²) in [6.07, 6.45) is 2.88. The second-order valence-corrected chi connectivity index (χ2v) is 4.36. The van der Waals surface area contributed by atoms with Crippen LogP contribution in [0.2, 0.25) is 0 Å². The fraction of sp³-hybridized carbons (Fsp3) is 0.0909. The maximum absolute atomic E-state index is 12.4. The van der Waals surface area contributed by atoms with Gasteiger partial charge in [-0.1, -0.05) is 23.9 Å². The Bertz CT molecular complexity index is 536. The van der Waals surface area contributed by atoms with E-state index in [2.05, 4.69) is 15.3 Å². The van der Waals surface area contributed by atoms with Gasteiger partial charge in [-0.05, 0) is 12.1 Å². The summed E-state index contributed by atoms with van der Waals surface area (Å²) in [6, 6.07) is 6.74. The number of aromatic nitrogens is 2. The number of nitrogen functional groups attached to an aromatic ring is 1. The largest absolute Gasteiger partial charge is 0.382 e. The van der Waals surface area contributed by atoms with Crippen LogP contribution in [0.15, 0.2) is 41.6 Å². The van der Waals surface area contributed by atoms with Gasteiger partial charge in [0.2, 0.25) is 0 Å². The molecular weight excluding hydrogens is 258 g/mol. The Labute approximate surface area is 107 Å². The molecule has 2 aromatic rings. The van der Waals surface area contributed by atoms with E-state index in [9.17, 15) is 8.78 Å². The van der Waals surface area contributed by atoms with E-state index in [4.69, 9.17) is 5.73 Å². The van der Waals surface area contributed by atoms with E-state index in [0.29, 0.717) is 28.2 Å². The SMILES string of the molecule is Nc1cncc(Nc2ccccc2SC(F)F)n1. The van der Waals surface area contributed by atoms with Crippen molar-refractivity contribution in [3.63, 3.8) is 0 Å². The topological polar surface area (TPSA) is 63.8 Å². The number of benzene rings is 1. The Hall–Kier alpha value is -1.89. The van der Waals surface area contributed by atoms with Crippen LogP contribution in [-0.4, -0.2) is 15.7 Å². The third-order valence-electron chi connectivity index (χ3n) is 2.02. The van der Waals surface area contributed by atoms with Crippen molar-refractivity contribution < 1.29 is 8.78 Å². The van der Waals surface area contributed by atoms with Gasteiger partial charge >= 0.3 is 0 Å². The van der Waals surface area contributed by atoms with Gasteiger partial charge in [-0.25, -0.2) is 4.98 Å². The highest BCUT2D eigenvalue weighted by Gasteiger charge is 2.10. The first-order valence-corrected chi connectivity index (χ1v) is 5.91. The van der Waals surface area contributed by atoms with Crippen molar-refractivity contribution in [2.75, 3.05) is 11.1 Å². The molecule has 0 unspecified atom stereocenters. The minimum Gasteiger partial charge on any atom is -0.382 e. The third kappa shape index (κ3) is 3.30. The van der Waals surface area contributed by atoms with Crippen LogP contribution in [0.1, 0.15) is 0 Å². The van der Waals surface area contributed by atoms with Crippen molar-refractivity contribution in [2.45, 2.75) is 10.7 Å². The van der Waals surface area contributed by atoms with Crippen molar-refractivity contribution in [1.29, 1.82) is 0 Å². The lowest BCUT2D eigenvalue weighted by atomic mass is 10.3. The summed E-state index contributed by atoms with van der Waals surface area (Å²) >= 11 is 0.473. The molecule has 0 saturated carbocycles. The molecular formula is C11H10F2N4S. The van der Waals surface area contributed by atoms with Gasteiger partial charge in [-0.3, -0.25) is 4.98 Å². The number of hydrogen-bond donors (Lipinski definition) is 2. The van der Waals surface area contributed by atoms with Gasteiger partial charge in [0.15, 0.2) is 5.82 Å². The minimum absolute atomic E-state index is 0.263. The number of nitrogens with zero attached hydrogens (tertiary/aromatic N) is 2. The van der Waals surface area contributed by atoms with Crippen molar-refractivity contribution >= 4 is 29.1 Å². The first kappa shape index (κ1) is 12.6. The number of hydrogen-bond acceptors (Lipinski definition) is 5. The monoisotopic (exact) mass is 268 g/mol. The summed E-state index contributed by atoms with van der Waals surface area (Å²) in [5.41, 5.74) is 6.04. The molecule has 3 N–H and O–H groups in total. The average Bonchev–Trinajstić information content (AvgIpc) is 2.31. The van der Waals surface area contributed by atoms with Crippen molar-refractivity contribution in [1.82, 2.24) is 9.97 Å². The molecule has 0 radical (unpaired) electrons. The Balaban J connectivity index is 2.23. The molecule has 0 bridgehead atoms. The maximum atomic E-state index is 12.4. The summed E-state index contributed by atoms with van der Waals surface area (Å²) in [5, 5.41) is 2.91. The van der Waals surface area contributed by atoms with Gasteiger partial charge in [-0.15, -0.1) is 0 Å². The number of halogens is 2. The Morgan fingerprint density at radius 1 is 1.22 bits per heavy atom. The molecule has 94 valence electrons. The lowest BCUT2D eigenvalue weighted by Gasteiger charge is -2.10. The molecule has 4 nitrogen and oxygen atoms in total. The minimum atomic E-state index is -2.47. The Morgan fingerprint density at radius 3 is 2.72 bits per heavy atom. The van der Waals surface area contributed by atoms with Crippen LogP contribution >= 0.6 is 11.8 Å². The number of thioether (sulfide) groups is 1. The smallest absolute Gasteiger partial charge is 0.288 e. The van der Waals surface area contributed by atoms with Gasteiger partial charge < -0.3 is 11.1 Å². The van der Waals surface area contributed by atoms with Gasteiger partial charge in [0.1, 0.15) is 5.82 Å². The highest BCUT2D eigenvalue weighted by Crippen LogP contribution is 2.32. The molecule has 1 aromatic carbocycles. The average molecular weight is 268 g/mol. The van der Waals surface area contributed by atoms with Gasteiger partial charge in [0, 0.05) is 4.90 Å². The summed E-state index contributed by atoms with van der Waals surface area (Å²) < 4.78 is 24.8. The zero-order valence-electron chi connectivity index (χ0n) is 9.18. The molecule has 2 rings (SSSR count). The fourth-order valence-corrected chi connectivity index (χ4v) is 1.94. The first-order valence-electron chi connectivity index (χ1n) is 5.03. The van der Waals surface area contributed by atoms with E-state index in [0.717, 1.165) is 0 Å². The molecule has 0 amide bonds. The van der Waals surface area contributed by atoms with Crippen LogP contribution in [0, 0.1) is 0 Å². The Kier molecular flexibility index (Phi) is 3.93.